The summed E-state index contributed by atoms with van der Waals surface area (Å²) in [6, 6.07) is 0. The average Bonchev–Trinajstić information content (AvgIpc) is 2.61. The van der Waals surface area contributed by atoms with Gasteiger partial charge in [-0.05, 0) is 0 Å². The van der Waals surface area contributed by atoms with Crippen LogP contribution in [0.3, 0.4) is 0 Å². The summed E-state index contributed by atoms with van der Waals surface area (Å²) in [7, 11) is 0. The van der Waals surface area contributed by atoms with E-state index >= 15 is 0 Å². The Hall–Kier alpha value is -0.440. The van der Waals surface area contributed by atoms with Gasteiger partial charge in [-0.3, -0.25) is 0 Å². The first-order valence-corrected chi connectivity index (χ1v) is 8.41. The van der Waals surface area contributed by atoms with Gasteiger partial charge in [0.2, 0.25) is 0 Å². The number of ether oxygens (including phenoxy) is 3. The highest BCUT2D eigenvalue weighted by Crippen LogP contribution is 2.36. The summed E-state index contributed by atoms with van der Waals surface area (Å²) in [6.07, 6.45) is -14.1. The van der Waals surface area contributed by atoms with Crippen LogP contribution in [0.1, 0.15) is 13.8 Å². The molecule has 2 aliphatic heterocycles. The fraction of sp³-hybridized carbons (Fsp3) is 1.00. The molecule has 0 saturated carbocycles. The van der Waals surface area contributed by atoms with Crippen LogP contribution in [0.5, 0.6) is 0 Å². The topological polar surface area (TPSA) is 190 Å². The molecule has 11 nitrogen and oxygen atoms in total. The highest BCUT2D eigenvalue weighted by Gasteiger charge is 2.56. The normalized spacial score (nSPS) is 50.2. The van der Waals surface area contributed by atoms with Crippen LogP contribution in [0.4, 0.5) is 0 Å². The van der Waals surface area contributed by atoms with E-state index in [-0.39, 0.29) is 0 Å². The highest BCUT2D eigenvalue weighted by molar-refractivity contribution is 4.99. The molecule has 26 heavy (non-hydrogen) atoms. The largest absolute Gasteiger partial charge is 0.394 e. The Balaban J connectivity index is 2.19. The van der Waals surface area contributed by atoms with Crippen LogP contribution in [0.15, 0.2) is 0 Å². The zero-order valence-corrected chi connectivity index (χ0v) is 14.5. The minimum atomic E-state index is -2.14. The molecule has 2 heterocycles. The number of aliphatic hydroxyl groups excluding tert-OH is 7. The summed E-state index contributed by atoms with van der Waals surface area (Å²) >= 11 is 0. The van der Waals surface area contributed by atoms with Crippen LogP contribution in [0.25, 0.3) is 0 Å². The maximum atomic E-state index is 10.4. The number of aliphatic hydroxyl groups is 8. The molecule has 154 valence electrons. The Bertz CT molecular complexity index is 459. The highest BCUT2D eigenvalue weighted by atomic mass is 16.7. The lowest BCUT2D eigenvalue weighted by atomic mass is 9.86. The Morgan fingerprint density at radius 1 is 0.885 bits per heavy atom. The third kappa shape index (κ3) is 3.75. The van der Waals surface area contributed by atoms with Crippen molar-refractivity contribution in [2.75, 3.05) is 13.2 Å². The van der Waals surface area contributed by atoms with Crippen LogP contribution in [-0.2, 0) is 14.2 Å². The predicted molar refractivity (Wildman–Crippen MR) is 82.4 cm³/mol. The lowest BCUT2D eigenvalue weighted by Gasteiger charge is -2.50. The van der Waals surface area contributed by atoms with E-state index in [2.05, 4.69) is 0 Å². The van der Waals surface area contributed by atoms with Gasteiger partial charge in [-0.2, -0.15) is 0 Å². The van der Waals surface area contributed by atoms with Crippen LogP contribution >= 0.6 is 0 Å². The number of hydrogen-bond donors (Lipinski definition) is 8. The maximum Gasteiger partial charge on any atom is 0.197 e. The Morgan fingerprint density at radius 2 is 1.46 bits per heavy atom. The lowest BCUT2D eigenvalue weighted by Crippen LogP contribution is -2.69. The van der Waals surface area contributed by atoms with Gasteiger partial charge >= 0.3 is 0 Å². The van der Waals surface area contributed by atoms with E-state index in [1.165, 1.54) is 0 Å². The van der Waals surface area contributed by atoms with Crippen LogP contribution in [-0.4, -0.2) is 115 Å². The Kier molecular flexibility index (Phi) is 6.97. The van der Waals surface area contributed by atoms with Gasteiger partial charge in [-0.15, -0.1) is 0 Å². The molecule has 0 amide bonds. The first kappa shape index (κ1) is 21.9. The van der Waals surface area contributed by atoms with Gasteiger partial charge < -0.3 is 55.1 Å². The van der Waals surface area contributed by atoms with Crippen molar-refractivity contribution in [1.82, 2.24) is 0 Å². The maximum absolute atomic E-state index is 10.4. The molecule has 2 saturated heterocycles. The molecule has 0 aromatic carbocycles. The van der Waals surface area contributed by atoms with Gasteiger partial charge in [-0.25, -0.2) is 0 Å². The molecule has 0 aromatic heterocycles. The standard InChI is InChI=1S/C15H28O11/c1-5(2)15(23)13(22)11(21)12(7(4-17)26-15)25-14-10(20)9(19)8(18)6(3-16)24-14/h5-14,16-23H,3-4H2,1-2H3/t6-,7-,8+,9+,10-,11+,12-,13-,14+,15-/m1/s1. The van der Waals surface area contributed by atoms with E-state index in [4.69, 9.17) is 14.2 Å². The van der Waals surface area contributed by atoms with E-state index in [1.807, 2.05) is 0 Å². The molecular formula is C15H28O11. The van der Waals surface area contributed by atoms with Gasteiger partial charge in [-0.1, -0.05) is 13.8 Å². The fourth-order valence-corrected chi connectivity index (χ4v) is 3.15. The molecule has 10 atom stereocenters. The van der Waals surface area contributed by atoms with Gasteiger partial charge in [0.25, 0.3) is 0 Å². The SMILES string of the molecule is CC(C)[C@@]1(O)O[C@H](CO)[C@@H](O[C@@H]2O[C@H](CO)[C@H](O)[C@H](O)[C@H]2O)[C@H](O)[C@H]1O. The van der Waals surface area contributed by atoms with Crippen molar-refractivity contribution in [1.29, 1.82) is 0 Å². The first-order chi connectivity index (χ1) is 12.1. The van der Waals surface area contributed by atoms with Gasteiger partial charge in [0.1, 0.15) is 48.8 Å². The van der Waals surface area contributed by atoms with Gasteiger partial charge in [0.15, 0.2) is 12.1 Å². The van der Waals surface area contributed by atoms with Crippen molar-refractivity contribution in [2.45, 2.75) is 74.8 Å². The van der Waals surface area contributed by atoms with Crippen molar-refractivity contribution < 1.29 is 55.1 Å². The Labute approximate surface area is 150 Å². The molecule has 0 bridgehead atoms. The Morgan fingerprint density at radius 3 is 1.96 bits per heavy atom. The molecule has 0 aromatic rings. The minimum Gasteiger partial charge on any atom is -0.394 e. The van der Waals surface area contributed by atoms with Crippen molar-refractivity contribution in [3.8, 4) is 0 Å². The summed E-state index contributed by atoms with van der Waals surface area (Å²) in [5.74, 6) is -2.77. The summed E-state index contributed by atoms with van der Waals surface area (Å²) in [5.41, 5.74) is 0. The van der Waals surface area contributed by atoms with Crippen molar-refractivity contribution >= 4 is 0 Å². The number of hydrogen-bond acceptors (Lipinski definition) is 11. The first-order valence-electron chi connectivity index (χ1n) is 8.41. The van der Waals surface area contributed by atoms with Crippen molar-refractivity contribution in [3.63, 3.8) is 0 Å². The second kappa shape index (κ2) is 8.29. The molecule has 8 N–H and O–H groups in total. The molecule has 2 rings (SSSR count). The van der Waals surface area contributed by atoms with Crippen molar-refractivity contribution in [3.05, 3.63) is 0 Å². The minimum absolute atomic E-state index is 0.630. The lowest BCUT2D eigenvalue weighted by molar-refractivity contribution is -0.392. The summed E-state index contributed by atoms with van der Waals surface area (Å²) in [5, 5.41) is 79.3. The molecule has 0 radical (unpaired) electrons. The second-order valence-corrected chi connectivity index (χ2v) is 6.98. The van der Waals surface area contributed by atoms with Gasteiger partial charge in [0.05, 0.1) is 13.2 Å². The van der Waals surface area contributed by atoms with E-state index < -0.39 is 80.0 Å². The van der Waals surface area contributed by atoms with E-state index in [9.17, 15) is 40.9 Å². The smallest absolute Gasteiger partial charge is 0.197 e. The molecule has 11 heteroatoms. The zero-order valence-electron chi connectivity index (χ0n) is 14.5. The predicted octanol–water partition coefficient (Wildman–Crippen LogP) is -4.37. The third-order valence-electron chi connectivity index (χ3n) is 4.94. The summed E-state index contributed by atoms with van der Waals surface area (Å²) < 4.78 is 15.9. The van der Waals surface area contributed by atoms with Gasteiger partial charge in [0, 0.05) is 5.92 Å². The monoisotopic (exact) mass is 384 g/mol. The molecular weight excluding hydrogens is 356 g/mol. The second-order valence-electron chi connectivity index (χ2n) is 6.98. The van der Waals surface area contributed by atoms with Crippen LogP contribution in [0.2, 0.25) is 0 Å². The van der Waals surface area contributed by atoms with E-state index in [0.717, 1.165) is 0 Å². The van der Waals surface area contributed by atoms with Crippen LogP contribution < -0.4 is 0 Å². The molecule has 2 aliphatic rings. The quantitative estimate of drug-likeness (QED) is 0.228. The van der Waals surface area contributed by atoms with Crippen molar-refractivity contribution in [2.24, 2.45) is 5.92 Å². The molecule has 0 aliphatic carbocycles. The molecule has 0 unspecified atom stereocenters. The fourth-order valence-electron chi connectivity index (χ4n) is 3.15. The van der Waals surface area contributed by atoms with Crippen LogP contribution in [0, 0.1) is 5.92 Å². The third-order valence-corrected chi connectivity index (χ3v) is 4.94. The molecule has 0 spiro atoms. The average molecular weight is 384 g/mol. The number of rotatable bonds is 5. The van der Waals surface area contributed by atoms with E-state index in [1.54, 1.807) is 13.8 Å². The summed E-state index contributed by atoms with van der Waals surface area (Å²) in [6.45, 7) is 1.72. The molecule has 2 fully saturated rings. The zero-order chi connectivity index (χ0) is 19.8. The summed E-state index contributed by atoms with van der Waals surface area (Å²) in [4.78, 5) is 0. The van der Waals surface area contributed by atoms with E-state index in [0.29, 0.717) is 0 Å².